The molecule has 0 unspecified atom stereocenters. The van der Waals surface area contributed by atoms with Gasteiger partial charge in [0.2, 0.25) is 0 Å². The van der Waals surface area contributed by atoms with Crippen LogP contribution in [0.3, 0.4) is 0 Å². The minimum atomic E-state index is -3.76. The van der Waals surface area contributed by atoms with Crippen LogP contribution >= 0.6 is 15.9 Å². The Bertz CT molecular complexity index is 707. The van der Waals surface area contributed by atoms with E-state index in [0.29, 0.717) is 16.8 Å². The van der Waals surface area contributed by atoms with Crippen LogP contribution in [0.1, 0.15) is 13.3 Å². The van der Waals surface area contributed by atoms with Crippen molar-refractivity contribution in [1.29, 1.82) is 0 Å². The van der Waals surface area contributed by atoms with Crippen molar-refractivity contribution in [3.05, 3.63) is 41.1 Å². The Morgan fingerprint density at radius 2 is 2.10 bits per heavy atom. The molecule has 21 heavy (non-hydrogen) atoms. The van der Waals surface area contributed by atoms with Crippen molar-refractivity contribution >= 4 is 37.6 Å². The molecule has 2 heterocycles. The molecule has 0 radical (unpaired) electrons. The maximum absolute atomic E-state index is 12.5. The highest BCUT2D eigenvalue weighted by Crippen LogP contribution is 2.24. The Labute approximate surface area is 132 Å². The molecule has 2 aromatic heterocycles. The van der Waals surface area contributed by atoms with Crippen molar-refractivity contribution in [2.45, 2.75) is 18.2 Å². The summed E-state index contributed by atoms with van der Waals surface area (Å²) >= 11 is 3.24. The third kappa shape index (κ3) is 4.15. The summed E-state index contributed by atoms with van der Waals surface area (Å²) in [7, 11) is -3.76. The van der Waals surface area contributed by atoms with Crippen LogP contribution in [0.15, 0.2) is 46.0 Å². The van der Waals surface area contributed by atoms with Gasteiger partial charge in [0.15, 0.2) is 0 Å². The predicted molar refractivity (Wildman–Crippen MR) is 85.8 cm³/mol. The van der Waals surface area contributed by atoms with E-state index < -0.39 is 10.0 Å². The van der Waals surface area contributed by atoms with Crippen LogP contribution in [0.5, 0.6) is 0 Å². The van der Waals surface area contributed by atoms with Gasteiger partial charge in [0.25, 0.3) is 10.0 Å². The molecule has 0 fully saturated rings. The molecule has 0 saturated heterocycles. The summed E-state index contributed by atoms with van der Waals surface area (Å²) in [5.74, 6) is 0.586. The largest absolute Gasteiger partial charge is 0.369 e. The van der Waals surface area contributed by atoms with Gasteiger partial charge in [-0.2, -0.15) is 0 Å². The monoisotopic (exact) mass is 370 g/mol. The third-order valence-electron chi connectivity index (χ3n) is 2.56. The van der Waals surface area contributed by atoms with Crippen LogP contribution in [-0.4, -0.2) is 24.9 Å². The molecular formula is C13H15BrN4O2S. The van der Waals surface area contributed by atoms with Crippen molar-refractivity contribution < 1.29 is 8.42 Å². The van der Waals surface area contributed by atoms with E-state index in [2.05, 4.69) is 35.9 Å². The first kappa shape index (κ1) is 15.7. The fourth-order valence-electron chi connectivity index (χ4n) is 1.62. The molecule has 0 aliphatic rings. The van der Waals surface area contributed by atoms with E-state index in [1.165, 1.54) is 12.3 Å². The number of pyridine rings is 2. The molecule has 0 atom stereocenters. The Hall–Kier alpha value is -1.67. The number of sulfonamides is 1. The topological polar surface area (TPSA) is 84.0 Å². The molecule has 8 heteroatoms. The fraction of sp³-hybridized carbons (Fsp3) is 0.231. The van der Waals surface area contributed by atoms with Gasteiger partial charge in [0, 0.05) is 23.4 Å². The molecule has 0 aliphatic heterocycles. The number of rotatable bonds is 6. The average Bonchev–Trinajstić information content (AvgIpc) is 2.46. The van der Waals surface area contributed by atoms with E-state index in [0.717, 1.165) is 6.42 Å². The van der Waals surface area contributed by atoms with Gasteiger partial charge in [-0.25, -0.2) is 18.4 Å². The second-order valence-corrected chi connectivity index (χ2v) is 6.81. The van der Waals surface area contributed by atoms with Crippen molar-refractivity contribution in [2.24, 2.45) is 0 Å². The van der Waals surface area contributed by atoms with Crippen molar-refractivity contribution in [1.82, 2.24) is 9.97 Å². The summed E-state index contributed by atoms with van der Waals surface area (Å²) in [6.45, 7) is 2.63. The Balaban J connectivity index is 2.36. The first-order valence-corrected chi connectivity index (χ1v) is 8.64. The normalized spacial score (nSPS) is 11.1. The van der Waals surface area contributed by atoms with E-state index in [4.69, 9.17) is 0 Å². The van der Waals surface area contributed by atoms with E-state index in [-0.39, 0.29) is 10.7 Å². The lowest BCUT2D eigenvalue weighted by molar-refractivity contribution is 0.601. The van der Waals surface area contributed by atoms with Crippen molar-refractivity contribution in [3.8, 4) is 0 Å². The van der Waals surface area contributed by atoms with Gasteiger partial charge in [-0.1, -0.05) is 13.0 Å². The SMILES string of the molecule is CCCNc1ncc(Br)cc1S(=O)(=O)Nc1ccccn1. The molecule has 0 spiro atoms. The van der Waals surface area contributed by atoms with Crippen LogP contribution in [0.25, 0.3) is 0 Å². The van der Waals surface area contributed by atoms with Gasteiger partial charge in [0.05, 0.1) is 0 Å². The molecule has 0 bridgehead atoms. The number of halogens is 1. The van der Waals surface area contributed by atoms with Gasteiger partial charge in [-0.05, 0) is 40.5 Å². The van der Waals surface area contributed by atoms with E-state index >= 15 is 0 Å². The molecule has 2 N–H and O–H groups in total. The number of nitrogens with one attached hydrogen (secondary N) is 2. The second-order valence-electron chi connectivity index (χ2n) is 4.25. The standard InChI is InChI=1S/C13H15BrN4O2S/c1-2-6-16-13-11(8-10(14)9-17-13)21(19,20)18-12-5-3-4-7-15-12/h3-5,7-9H,2,6H2,1H3,(H,15,18)(H,16,17). The second kappa shape index (κ2) is 6.86. The van der Waals surface area contributed by atoms with Crippen LogP contribution < -0.4 is 10.0 Å². The van der Waals surface area contributed by atoms with Crippen LogP contribution in [0.4, 0.5) is 11.6 Å². The zero-order valence-electron chi connectivity index (χ0n) is 11.4. The summed E-state index contributed by atoms with van der Waals surface area (Å²) in [4.78, 5) is 8.17. The van der Waals surface area contributed by atoms with Crippen LogP contribution in [0, 0.1) is 0 Å². The molecule has 0 aromatic carbocycles. The smallest absolute Gasteiger partial charge is 0.266 e. The minimum Gasteiger partial charge on any atom is -0.369 e. The summed E-state index contributed by atoms with van der Waals surface area (Å²) in [5.41, 5.74) is 0. The van der Waals surface area contributed by atoms with Crippen LogP contribution in [-0.2, 0) is 10.0 Å². The first-order valence-electron chi connectivity index (χ1n) is 6.36. The fourth-order valence-corrected chi connectivity index (χ4v) is 3.27. The molecule has 6 nitrogen and oxygen atoms in total. The number of aromatic nitrogens is 2. The highest BCUT2D eigenvalue weighted by molar-refractivity contribution is 9.10. The quantitative estimate of drug-likeness (QED) is 0.816. The first-order chi connectivity index (χ1) is 10.0. The zero-order chi connectivity index (χ0) is 15.3. The molecule has 0 aliphatic carbocycles. The number of hydrogen-bond acceptors (Lipinski definition) is 5. The minimum absolute atomic E-state index is 0.0796. The lowest BCUT2D eigenvalue weighted by atomic mass is 10.4. The number of nitrogens with zero attached hydrogens (tertiary/aromatic N) is 2. The summed E-state index contributed by atoms with van der Waals surface area (Å²) in [5, 5.41) is 3.01. The van der Waals surface area contributed by atoms with Gasteiger partial charge in [-0.3, -0.25) is 4.72 Å². The zero-order valence-corrected chi connectivity index (χ0v) is 13.8. The van der Waals surface area contributed by atoms with Gasteiger partial charge in [-0.15, -0.1) is 0 Å². The van der Waals surface area contributed by atoms with E-state index in [1.54, 1.807) is 24.4 Å². The lowest BCUT2D eigenvalue weighted by Gasteiger charge is -2.12. The average molecular weight is 371 g/mol. The van der Waals surface area contributed by atoms with E-state index in [1.807, 2.05) is 6.92 Å². The lowest BCUT2D eigenvalue weighted by Crippen LogP contribution is -2.17. The van der Waals surface area contributed by atoms with Crippen LogP contribution in [0.2, 0.25) is 0 Å². The maximum Gasteiger partial charge on any atom is 0.266 e. The van der Waals surface area contributed by atoms with Crippen molar-refractivity contribution in [3.63, 3.8) is 0 Å². The molecule has 2 rings (SSSR count). The Morgan fingerprint density at radius 1 is 1.29 bits per heavy atom. The maximum atomic E-state index is 12.5. The summed E-state index contributed by atoms with van der Waals surface area (Å²) in [6, 6.07) is 6.52. The van der Waals surface area contributed by atoms with E-state index in [9.17, 15) is 8.42 Å². The van der Waals surface area contributed by atoms with Gasteiger partial charge in [0.1, 0.15) is 16.5 Å². The molecule has 112 valence electrons. The Kier molecular flexibility index (Phi) is 5.13. The highest BCUT2D eigenvalue weighted by Gasteiger charge is 2.20. The molecule has 2 aromatic rings. The summed E-state index contributed by atoms with van der Waals surface area (Å²) < 4.78 is 28.0. The summed E-state index contributed by atoms with van der Waals surface area (Å²) in [6.07, 6.45) is 3.94. The Morgan fingerprint density at radius 3 is 2.76 bits per heavy atom. The molecule has 0 saturated carbocycles. The molecular weight excluding hydrogens is 356 g/mol. The van der Waals surface area contributed by atoms with Gasteiger partial charge < -0.3 is 5.32 Å². The third-order valence-corrected chi connectivity index (χ3v) is 4.36. The van der Waals surface area contributed by atoms with Crippen molar-refractivity contribution in [2.75, 3.05) is 16.6 Å². The molecule has 0 amide bonds. The highest BCUT2D eigenvalue weighted by atomic mass is 79.9. The number of hydrogen-bond donors (Lipinski definition) is 2. The number of anilines is 2. The predicted octanol–water partition coefficient (Wildman–Crippen LogP) is 2.86. The van der Waals surface area contributed by atoms with Gasteiger partial charge >= 0.3 is 0 Å².